The van der Waals surface area contributed by atoms with Crippen LogP contribution >= 0.6 is 0 Å². The van der Waals surface area contributed by atoms with Gasteiger partial charge in [0, 0.05) is 31.4 Å². The van der Waals surface area contributed by atoms with Crippen LogP contribution in [0.1, 0.15) is 15.9 Å². The van der Waals surface area contributed by atoms with Crippen molar-refractivity contribution in [1.82, 2.24) is 15.1 Å². The van der Waals surface area contributed by atoms with Crippen molar-refractivity contribution < 1.29 is 13.6 Å². The minimum absolute atomic E-state index is 0.0928. The predicted octanol–water partition coefficient (Wildman–Crippen LogP) is 3.34. The molecular formula is C19H17F2N3O. The summed E-state index contributed by atoms with van der Waals surface area (Å²) in [6.07, 6.45) is 2.21. The summed E-state index contributed by atoms with van der Waals surface area (Å²) >= 11 is 0. The van der Waals surface area contributed by atoms with Crippen LogP contribution in [-0.2, 0) is 13.5 Å². The Hall–Kier alpha value is -3.02. The van der Waals surface area contributed by atoms with Crippen LogP contribution < -0.4 is 5.32 Å². The molecule has 0 radical (unpaired) electrons. The van der Waals surface area contributed by atoms with Crippen LogP contribution in [-0.4, -0.2) is 22.2 Å². The number of amides is 1. The first-order valence-electron chi connectivity index (χ1n) is 7.86. The van der Waals surface area contributed by atoms with Gasteiger partial charge in [-0.1, -0.05) is 30.3 Å². The topological polar surface area (TPSA) is 46.9 Å². The number of aromatic nitrogens is 2. The van der Waals surface area contributed by atoms with E-state index in [-0.39, 0.29) is 22.7 Å². The molecule has 3 aromatic rings. The van der Waals surface area contributed by atoms with Gasteiger partial charge in [0.25, 0.3) is 5.91 Å². The molecule has 0 unspecified atom stereocenters. The third kappa shape index (κ3) is 3.91. The van der Waals surface area contributed by atoms with Crippen LogP contribution in [0.25, 0.3) is 11.3 Å². The van der Waals surface area contributed by atoms with E-state index in [1.807, 2.05) is 30.3 Å². The lowest BCUT2D eigenvalue weighted by molar-refractivity contribution is 0.0954. The highest BCUT2D eigenvalue weighted by Gasteiger charge is 2.19. The van der Waals surface area contributed by atoms with Crippen molar-refractivity contribution in [1.29, 1.82) is 0 Å². The maximum atomic E-state index is 14.0. The number of hydrogen-bond acceptors (Lipinski definition) is 2. The number of carbonyl (C=O) groups is 1. The summed E-state index contributed by atoms with van der Waals surface area (Å²) in [5.74, 6) is -1.77. The average molecular weight is 341 g/mol. The predicted molar refractivity (Wildman–Crippen MR) is 91.0 cm³/mol. The summed E-state index contributed by atoms with van der Waals surface area (Å²) in [5.41, 5.74) is 1.65. The molecule has 1 N–H and O–H groups in total. The minimum Gasteiger partial charge on any atom is -0.352 e. The molecule has 0 saturated heterocycles. The van der Waals surface area contributed by atoms with Crippen LogP contribution in [0.3, 0.4) is 0 Å². The molecule has 128 valence electrons. The van der Waals surface area contributed by atoms with E-state index in [2.05, 4.69) is 10.4 Å². The van der Waals surface area contributed by atoms with Crippen molar-refractivity contribution >= 4 is 5.91 Å². The van der Waals surface area contributed by atoms with Gasteiger partial charge in [0.1, 0.15) is 17.3 Å². The number of aryl methyl sites for hydroxylation is 1. The third-order valence-corrected chi connectivity index (χ3v) is 3.80. The van der Waals surface area contributed by atoms with E-state index in [1.165, 1.54) is 16.9 Å². The Morgan fingerprint density at radius 1 is 1.16 bits per heavy atom. The molecule has 1 amide bonds. The van der Waals surface area contributed by atoms with Gasteiger partial charge in [-0.15, -0.1) is 0 Å². The standard InChI is InChI=1S/C19H17F2N3O/c1-24-12-16(18(23-24)15-8-7-14(20)11-17(15)21)19(25)22-10-9-13-5-3-2-4-6-13/h2-8,11-12H,9-10H2,1H3,(H,22,25). The molecule has 6 heteroatoms. The fraction of sp³-hybridized carbons (Fsp3) is 0.158. The molecule has 25 heavy (non-hydrogen) atoms. The number of nitrogens with one attached hydrogen (secondary N) is 1. The molecule has 3 rings (SSSR count). The lowest BCUT2D eigenvalue weighted by Gasteiger charge is -2.06. The summed E-state index contributed by atoms with van der Waals surface area (Å²) in [6.45, 7) is 0.448. The molecule has 0 bridgehead atoms. The van der Waals surface area contributed by atoms with Gasteiger partial charge in [-0.05, 0) is 24.1 Å². The normalized spacial score (nSPS) is 10.7. The highest BCUT2D eigenvalue weighted by atomic mass is 19.1. The Morgan fingerprint density at radius 2 is 1.92 bits per heavy atom. The first-order chi connectivity index (χ1) is 12.0. The molecule has 2 aromatic carbocycles. The Bertz CT molecular complexity index is 891. The maximum absolute atomic E-state index is 14.0. The van der Waals surface area contributed by atoms with E-state index in [0.717, 1.165) is 17.7 Å². The molecule has 4 nitrogen and oxygen atoms in total. The van der Waals surface area contributed by atoms with Gasteiger partial charge >= 0.3 is 0 Å². The number of nitrogens with zero attached hydrogens (tertiary/aromatic N) is 2. The third-order valence-electron chi connectivity index (χ3n) is 3.80. The summed E-state index contributed by atoms with van der Waals surface area (Å²) in [5, 5.41) is 6.97. The Morgan fingerprint density at radius 3 is 2.64 bits per heavy atom. The maximum Gasteiger partial charge on any atom is 0.255 e. The highest BCUT2D eigenvalue weighted by molar-refractivity contribution is 5.99. The smallest absolute Gasteiger partial charge is 0.255 e. The molecule has 0 aliphatic rings. The van der Waals surface area contributed by atoms with Gasteiger partial charge in [0.2, 0.25) is 0 Å². The van der Waals surface area contributed by atoms with Crippen LogP contribution in [0, 0.1) is 11.6 Å². The first-order valence-corrected chi connectivity index (χ1v) is 7.86. The van der Waals surface area contributed by atoms with Gasteiger partial charge in [-0.2, -0.15) is 5.10 Å². The van der Waals surface area contributed by atoms with E-state index in [0.29, 0.717) is 13.0 Å². The zero-order valence-electron chi connectivity index (χ0n) is 13.7. The van der Waals surface area contributed by atoms with Crippen LogP contribution in [0.5, 0.6) is 0 Å². The van der Waals surface area contributed by atoms with Crippen molar-refractivity contribution in [2.45, 2.75) is 6.42 Å². The monoisotopic (exact) mass is 341 g/mol. The molecule has 0 fully saturated rings. The molecule has 1 heterocycles. The molecule has 0 aliphatic heterocycles. The van der Waals surface area contributed by atoms with E-state index >= 15 is 0 Å². The molecule has 0 spiro atoms. The first kappa shape index (κ1) is 16.8. The number of carbonyl (C=O) groups excluding carboxylic acids is 1. The number of benzene rings is 2. The molecule has 0 atom stereocenters. The molecular weight excluding hydrogens is 324 g/mol. The van der Waals surface area contributed by atoms with Crippen LogP contribution in [0.4, 0.5) is 8.78 Å². The number of rotatable bonds is 5. The summed E-state index contributed by atoms with van der Waals surface area (Å²) in [7, 11) is 1.64. The van der Waals surface area contributed by atoms with E-state index < -0.39 is 11.6 Å². The van der Waals surface area contributed by atoms with Crippen LogP contribution in [0.2, 0.25) is 0 Å². The van der Waals surface area contributed by atoms with Gasteiger partial charge < -0.3 is 5.32 Å². The van der Waals surface area contributed by atoms with E-state index in [9.17, 15) is 13.6 Å². The van der Waals surface area contributed by atoms with Gasteiger partial charge in [-0.25, -0.2) is 8.78 Å². The summed E-state index contributed by atoms with van der Waals surface area (Å²) in [4.78, 5) is 12.5. The Balaban J connectivity index is 1.77. The summed E-state index contributed by atoms with van der Waals surface area (Å²) in [6, 6.07) is 13.0. The molecule has 1 aromatic heterocycles. The van der Waals surface area contributed by atoms with Crippen molar-refractivity contribution in [3.63, 3.8) is 0 Å². The molecule has 0 saturated carbocycles. The second kappa shape index (κ2) is 7.25. The van der Waals surface area contributed by atoms with Crippen LogP contribution in [0.15, 0.2) is 54.7 Å². The van der Waals surface area contributed by atoms with Crippen molar-refractivity contribution in [3.05, 3.63) is 77.5 Å². The second-order valence-corrected chi connectivity index (χ2v) is 5.68. The van der Waals surface area contributed by atoms with Gasteiger partial charge in [0.15, 0.2) is 0 Å². The zero-order valence-corrected chi connectivity index (χ0v) is 13.7. The quantitative estimate of drug-likeness (QED) is 0.774. The Kier molecular flexibility index (Phi) is 4.88. The molecule has 0 aliphatic carbocycles. The lowest BCUT2D eigenvalue weighted by Crippen LogP contribution is -2.25. The van der Waals surface area contributed by atoms with Gasteiger partial charge in [-0.3, -0.25) is 9.48 Å². The number of halogens is 2. The van der Waals surface area contributed by atoms with E-state index in [1.54, 1.807) is 7.05 Å². The second-order valence-electron chi connectivity index (χ2n) is 5.68. The largest absolute Gasteiger partial charge is 0.352 e. The average Bonchev–Trinajstić information content (AvgIpc) is 2.97. The SMILES string of the molecule is Cn1cc(C(=O)NCCc2ccccc2)c(-c2ccc(F)cc2F)n1. The Labute approximate surface area is 144 Å². The lowest BCUT2D eigenvalue weighted by atomic mass is 10.1. The van der Waals surface area contributed by atoms with E-state index in [4.69, 9.17) is 0 Å². The minimum atomic E-state index is -0.753. The number of hydrogen-bond donors (Lipinski definition) is 1. The highest BCUT2D eigenvalue weighted by Crippen LogP contribution is 2.25. The fourth-order valence-corrected chi connectivity index (χ4v) is 2.60. The zero-order chi connectivity index (χ0) is 17.8. The fourth-order valence-electron chi connectivity index (χ4n) is 2.60. The van der Waals surface area contributed by atoms with Gasteiger partial charge in [0.05, 0.1) is 5.56 Å². The summed E-state index contributed by atoms with van der Waals surface area (Å²) < 4.78 is 28.6. The van der Waals surface area contributed by atoms with Crippen molar-refractivity contribution in [2.75, 3.05) is 6.54 Å². The van der Waals surface area contributed by atoms with Crippen molar-refractivity contribution in [2.24, 2.45) is 7.05 Å². The van der Waals surface area contributed by atoms with Crippen molar-refractivity contribution in [3.8, 4) is 11.3 Å².